The van der Waals surface area contributed by atoms with Crippen LogP contribution in [0.25, 0.3) is 0 Å². The van der Waals surface area contributed by atoms with E-state index in [9.17, 15) is 9.90 Å². The van der Waals surface area contributed by atoms with E-state index in [1.165, 1.54) is 25.3 Å². The van der Waals surface area contributed by atoms with Crippen LogP contribution in [0.5, 0.6) is 0 Å². The number of nitriles is 1. The molecule has 0 amide bonds. The van der Waals surface area contributed by atoms with Gasteiger partial charge in [-0.3, -0.25) is 4.79 Å². The Morgan fingerprint density at radius 2 is 2.05 bits per heavy atom. The molecule has 0 aliphatic carbocycles. The normalized spacial score (nSPS) is 18.1. The molecule has 5 heteroatoms. The molecule has 0 saturated carbocycles. The molecule has 20 heavy (non-hydrogen) atoms. The molecule has 1 heterocycles. The molecule has 5 nitrogen and oxygen atoms in total. The average molecular weight is 278 g/mol. The fourth-order valence-electron chi connectivity index (χ4n) is 2.04. The van der Waals surface area contributed by atoms with Gasteiger partial charge in [-0.2, -0.15) is 5.26 Å². The molecule has 2 N–H and O–H groups in total. The molecule has 0 radical (unpaired) electrons. The third-order valence-corrected chi connectivity index (χ3v) is 3.29. The van der Waals surface area contributed by atoms with Gasteiger partial charge in [0.15, 0.2) is 5.78 Å². The van der Waals surface area contributed by atoms with E-state index in [1.54, 1.807) is 6.08 Å². The Morgan fingerprint density at radius 3 is 2.65 bits per heavy atom. The second-order valence-corrected chi connectivity index (χ2v) is 4.93. The van der Waals surface area contributed by atoms with Crippen molar-refractivity contribution >= 4 is 5.78 Å². The van der Waals surface area contributed by atoms with E-state index in [0.717, 1.165) is 13.1 Å². The van der Waals surface area contributed by atoms with E-state index >= 15 is 0 Å². The number of Topliss-reactive ketones (excluding diaryl/α,β-unsaturated/α-hetero) is 1. The zero-order valence-electron chi connectivity index (χ0n) is 11.7. The molecular formula is C15H22N2O3. The molecule has 0 aromatic heterocycles. The maximum atomic E-state index is 11.7. The topological polar surface area (TPSA) is 84.6 Å². The highest BCUT2D eigenvalue weighted by Crippen LogP contribution is 2.09. The number of carbonyl (C=O) groups is 1. The predicted octanol–water partition coefficient (Wildman–Crippen LogP) is 1.14. The monoisotopic (exact) mass is 278 g/mol. The number of allylic oxidation sites excluding steroid dienone is 3. The lowest BCUT2D eigenvalue weighted by molar-refractivity contribution is -0.115. The minimum Gasteiger partial charge on any atom is -0.394 e. The lowest BCUT2D eigenvalue weighted by atomic mass is 10.1. The van der Waals surface area contributed by atoms with Gasteiger partial charge in [-0.1, -0.05) is 0 Å². The molecule has 0 aromatic rings. The minimum absolute atomic E-state index is 0.0681. The Hall–Kier alpha value is -1.64. The van der Waals surface area contributed by atoms with Crippen LogP contribution in [0.2, 0.25) is 0 Å². The molecular weight excluding hydrogens is 256 g/mol. The van der Waals surface area contributed by atoms with E-state index in [-0.39, 0.29) is 30.8 Å². The molecule has 0 spiro atoms. The number of carbonyl (C=O) groups excluding carboxylic acids is 1. The van der Waals surface area contributed by atoms with Gasteiger partial charge >= 0.3 is 0 Å². The van der Waals surface area contributed by atoms with Gasteiger partial charge < -0.3 is 15.1 Å². The number of aliphatic hydroxyl groups is 2. The number of hydrogen-bond acceptors (Lipinski definition) is 5. The Balaban J connectivity index is 2.47. The van der Waals surface area contributed by atoms with E-state index in [1.807, 2.05) is 12.3 Å². The Labute approximate surface area is 119 Å². The van der Waals surface area contributed by atoms with E-state index in [2.05, 4.69) is 4.90 Å². The second kappa shape index (κ2) is 9.29. The summed E-state index contributed by atoms with van der Waals surface area (Å²) >= 11 is 0. The highest BCUT2D eigenvalue weighted by atomic mass is 16.3. The first kappa shape index (κ1) is 16.4. The zero-order chi connectivity index (χ0) is 14.8. The van der Waals surface area contributed by atoms with Crippen LogP contribution in [0.15, 0.2) is 23.9 Å². The van der Waals surface area contributed by atoms with E-state index < -0.39 is 6.10 Å². The van der Waals surface area contributed by atoms with Crippen LogP contribution in [0.3, 0.4) is 0 Å². The smallest absolute Gasteiger partial charge is 0.173 e. The van der Waals surface area contributed by atoms with Gasteiger partial charge in [0, 0.05) is 19.5 Å². The minimum atomic E-state index is -0.900. The van der Waals surface area contributed by atoms with E-state index in [4.69, 9.17) is 10.4 Å². The van der Waals surface area contributed by atoms with Crippen LogP contribution in [0.1, 0.15) is 32.1 Å². The van der Waals surface area contributed by atoms with Crippen LogP contribution < -0.4 is 0 Å². The summed E-state index contributed by atoms with van der Waals surface area (Å²) in [6.07, 6.45) is 8.11. The van der Waals surface area contributed by atoms with Gasteiger partial charge in [-0.15, -0.1) is 0 Å². The standard InChI is InChI=1S/C15H22N2O3/c16-11-13(15(20)7-6-14(19)12-18)5-4-10-17-8-2-1-3-9-17/h4-5,10,14,18-19H,1-3,6-9,12H2/b10-4+,13-5+. The molecule has 1 unspecified atom stereocenters. The number of likely N-dealkylation sites (tertiary alicyclic amines) is 1. The Kier molecular flexibility index (Phi) is 7.63. The summed E-state index contributed by atoms with van der Waals surface area (Å²) in [5, 5.41) is 26.8. The van der Waals surface area contributed by atoms with Crippen LogP contribution in [0.4, 0.5) is 0 Å². The van der Waals surface area contributed by atoms with Crippen molar-refractivity contribution in [1.29, 1.82) is 5.26 Å². The lowest BCUT2D eigenvalue weighted by Crippen LogP contribution is -2.23. The average Bonchev–Trinajstić information content (AvgIpc) is 2.49. The van der Waals surface area contributed by atoms with Crippen molar-refractivity contribution in [2.24, 2.45) is 0 Å². The molecule has 1 atom stereocenters. The number of hydrogen-bond donors (Lipinski definition) is 2. The molecule has 1 aliphatic rings. The summed E-state index contributed by atoms with van der Waals surface area (Å²) in [5.74, 6) is -0.303. The van der Waals surface area contributed by atoms with Crippen molar-refractivity contribution in [3.05, 3.63) is 23.9 Å². The van der Waals surface area contributed by atoms with Crippen LogP contribution in [-0.4, -0.2) is 46.7 Å². The SMILES string of the molecule is N#C/C(=C\C=C\N1CCCCC1)C(=O)CCC(O)CO. The van der Waals surface area contributed by atoms with Gasteiger partial charge in [0.2, 0.25) is 0 Å². The van der Waals surface area contributed by atoms with Crippen LogP contribution in [-0.2, 0) is 4.79 Å². The highest BCUT2D eigenvalue weighted by molar-refractivity contribution is 5.99. The fourth-order valence-corrected chi connectivity index (χ4v) is 2.04. The van der Waals surface area contributed by atoms with Crippen LogP contribution in [0, 0.1) is 11.3 Å². The second-order valence-electron chi connectivity index (χ2n) is 4.93. The number of nitrogens with zero attached hydrogens (tertiary/aromatic N) is 2. The highest BCUT2D eigenvalue weighted by Gasteiger charge is 2.11. The summed E-state index contributed by atoms with van der Waals surface area (Å²) in [6, 6.07) is 1.88. The van der Waals surface area contributed by atoms with E-state index in [0.29, 0.717) is 0 Å². The summed E-state index contributed by atoms with van der Waals surface area (Å²) in [6.45, 7) is 1.67. The van der Waals surface area contributed by atoms with Crippen molar-refractivity contribution in [2.75, 3.05) is 19.7 Å². The predicted molar refractivity (Wildman–Crippen MR) is 75.6 cm³/mol. The molecule has 0 bridgehead atoms. The Morgan fingerprint density at radius 1 is 1.35 bits per heavy atom. The molecule has 1 saturated heterocycles. The first-order valence-electron chi connectivity index (χ1n) is 7.02. The number of ketones is 1. The van der Waals surface area contributed by atoms with Crippen molar-refractivity contribution in [3.63, 3.8) is 0 Å². The summed E-state index contributed by atoms with van der Waals surface area (Å²) in [7, 11) is 0. The van der Waals surface area contributed by atoms with Crippen molar-refractivity contribution in [2.45, 2.75) is 38.2 Å². The van der Waals surface area contributed by atoms with Crippen molar-refractivity contribution in [1.82, 2.24) is 4.90 Å². The fraction of sp³-hybridized carbons (Fsp3) is 0.600. The third kappa shape index (κ3) is 6.00. The van der Waals surface area contributed by atoms with Crippen LogP contribution >= 0.6 is 0 Å². The number of aliphatic hydroxyl groups excluding tert-OH is 2. The first-order chi connectivity index (χ1) is 9.67. The summed E-state index contributed by atoms with van der Waals surface area (Å²) in [4.78, 5) is 13.9. The molecule has 0 aromatic carbocycles. The molecule has 110 valence electrons. The molecule has 1 fully saturated rings. The quantitative estimate of drug-likeness (QED) is 0.414. The maximum Gasteiger partial charge on any atom is 0.173 e. The first-order valence-corrected chi connectivity index (χ1v) is 7.02. The zero-order valence-corrected chi connectivity index (χ0v) is 11.7. The summed E-state index contributed by atoms with van der Waals surface area (Å²) < 4.78 is 0. The molecule has 1 aliphatic heterocycles. The van der Waals surface area contributed by atoms with Gasteiger partial charge in [0.05, 0.1) is 18.3 Å². The Bertz CT molecular complexity index is 404. The van der Waals surface area contributed by atoms with Crippen molar-refractivity contribution in [3.8, 4) is 6.07 Å². The number of piperidine rings is 1. The van der Waals surface area contributed by atoms with Gasteiger partial charge in [-0.05, 0) is 44.0 Å². The maximum absolute atomic E-state index is 11.7. The lowest BCUT2D eigenvalue weighted by Gasteiger charge is -2.24. The third-order valence-electron chi connectivity index (χ3n) is 3.29. The van der Waals surface area contributed by atoms with Gasteiger partial charge in [0.25, 0.3) is 0 Å². The largest absolute Gasteiger partial charge is 0.394 e. The van der Waals surface area contributed by atoms with Crippen molar-refractivity contribution < 1.29 is 15.0 Å². The summed E-state index contributed by atoms with van der Waals surface area (Å²) in [5.41, 5.74) is 0.0865. The van der Waals surface area contributed by atoms with Gasteiger partial charge in [-0.25, -0.2) is 0 Å². The molecule has 1 rings (SSSR count). The number of rotatable bonds is 7. The van der Waals surface area contributed by atoms with Gasteiger partial charge in [0.1, 0.15) is 6.07 Å².